The van der Waals surface area contributed by atoms with Crippen molar-refractivity contribution in [2.45, 2.75) is 45.1 Å². The van der Waals surface area contributed by atoms with Crippen LogP contribution in [0.4, 0.5) is 0 Å². The first-order valence-electron chi connectivity index (χ1n) is 8.82. The van der Waals surface area contributed by atoms with E-state index >= 15 is 0 Å². The van der Waals surface area contributed by atoms with Gasteiger partial charge in [-0.1, -0.05) is 12.1 Å². The van der Waals surface area contributed by atoms with E-state index in [0.717, 1.165) is 66.1 Å². The minimum atomic E-state index is 0.193. The molecule has 1 unspecified atom stereocenters. The molecule has 4 rings (SSSR count). The molecule has 4 heteroatoms. The first-order valence-corrected chi connectivity index (χ1v) is 8.82. The highest BCUT2D eigenvalue weighted by atomic mass is 16.5. The Kier molecular flexibility index (Phi) is 4.15. The molecule has 0 amide bonds. The lowest BCUT2D eigenvalue weighted by Crippen LogP contribution is -2.16. The molecule has 1 aliphatic heterocycles. The summed E-state index contributed by atoms with van der Waals surface area (Å²) in [6.45, 7) is 3.40. The fourth-order valence-electron chi connectivity index (χ4n) is 3.84. The maximum absolute atomic E-state index is 12.3. The van der Waals surface area contributed by atoms with Crippen LogP contribution in [0.15, 0.2) is 24.3 Å². The van der Waals surface area contributed by atoms with Crippen molar-refractivity contribution in [2.24, 2.45) is 0 Å². The average Bonchev–Trinajstić information content (AvgIpc) is 3.22. The number of nitrogens with one attached hydrogen (secondary N) is 1. The first kappa shape index (κ1) is 15.5. The number of ether oxygens (including phenoxy) is 2. The van der Waals surface area contributed by atoms with E-state index in [1.807, 2.05) is 25.1 Å². The Balaban J connectivity index is 1.67. The Morgan fingerprint density at radius 1 is 1.25 bits per heavy atom. The molecule has 1 fully saturated rings. The van der Waals surface area contributed by atoms with Gasteiger partial charge in [0, 0.05) is 29.8 Å². The summed E-state index contributed by atoms with van der Waals surface area (Å²) < 4.78 is 11.7. The highest BCUT2D eigenvalue weighted by Gasteiger charge is 2.26. The molecule has 1 aromatic heterocycles. The van der Waals surface area contributed by atoms with Crippen LogP contribution in [-0.2, 0) is 11.2 Å². The van der Waals surface area contributed by atoms with Crippen LogP contribution < -0.4 is 4.74 Å². The topological polar surface area (TPSA) is 51.3 Å². The standard InChI is InChI=1S/C20H23NO3/c1-13-19-16(8-4-9-17(19)22)20(21-13)15-7-2-3-10-18(15)24-12-14-6-5-11-23-14/h2-3,7,10,14,21H,4-6,8-9,11-12H2,1H3. The summed E-state index contributed by atoms with van der Waals surface area (Å²) in [5.74, 6) is 1.11. The van der Waals surface area contributed by atoms with Gasteiger partial charge in [0.15, 0.2) is 5.78 Å². The second-order valence-electron chi connectivity index (χ2n) is 6.70. The summed E-state index contributed by atoms with van der Waals surface area (Å²) in [6, 6.07) is 8.07. The van der Waals surface area contributed by atoms with Crippen molar-refractivity contribution < 1.29 is 14.3 Å². The summed E-state index contributed by atoms with van der Waals surface area (Å²) in [5.41, 5.74) is 5.09. The minimum Gasteiger partial charge on any atom is -0.490 e. The van der Waals surface area contributed by atoms with Crippen molar-refractivity contribution in [1.82, 2.24) is 4.98 Å². The highest BCUT2D eigenvalue weighted by molar-refractivity contribution is 6.01. The third kappa shape index (κ3) is 2.75. The van der Waals surface area contributed by atoms with E-state index in [0.29, 0.717) is 13.0 Å². The molecular weight excluding hydrogens is 302 g/mol. The number of carbonyl (C=O) groups is 1. The fourth-order valence-corrected chi connectivity index (χ4v) is 3.84. The molecule has 0 saturated carbocycles. The van der Waals surface area contributed by atoms with Crippen LogP contribution in [0, 0.1) is 6.92 Å². The molecule has 1 aromatic carbocycles. The Labute approximate surface area is 142 Å². The van der Waals surface area contributed by atoms with Crippen molar-refractivity contribution in [1.29, 1.82) is 0 Å². The predicted molar refractivity (Wildman–Crippen MR) is 92.7 cm³/mol. The first-order chi connectivity index (χ1) is 11.7. The number of fused-ring (bicyclic) bond motifs is 1. The number of para-hydroxylation sites is 1. The minimum absolute atomic E-state index is 0.193. The number of ketones is 1. The van der Waals surface area contributed by atoms with Crippen molar-refractivity contribution in [3.05, 3.63) is 41.1 Å². The quantitative estimate of drug-likeness (QED) is 0.922. The number of H-pyrrole nitrogens is 1. The van der Waals surface area contributed by atoms with Crippen LogP contribution in [-0.4, -0.2) is 30.1 Å². The molecule has 2 heterocycles. The SMILES string of the molecule is Cc1[nH]c(-c2ccccc2OCC2CCCO2)c2c1C(=O)CCC2. The van der Waals surface area contributed by atoms with Crippen LogP contribution in [0.3, 0.4) is 0 Å². The van der Waals surface area contributed by atoms with E-state index in [9.17, 15) is 4.79 Å². The Hall–Kier alpha value is -2.07. The second-order valence-corrected chi connectivity index (χ2v) is 6.70. The maximum Gasteiger partial charge on any atom is 0.164 e. The lowest BCUT2D eigenvalue weighted by molar-refractivity contribution is 0.0681. The Bertz CT molecular complexity index is 756. The van der Waals surface area contributed by atoms with Gasteiger partial charge in [-0.2, -0.15) is 0 Å². The predicted octanol–water partition coefficient (Wildman–Crippen LogP) is 4.07. The van der Waals surface area contributed by atoms with Gasteiger partial charge in [-0.15, -0.1) is 0 Å². The van der Waals surface area contributed by atoms with Crippen LogP contribution in [0.2, 0.25) is 0 Å². The smallest absolute Gasteiger partial charge is 0.164 e. The number of carbonyl (C=O) groups excluding carboxylic acids is 1. The van der Waals surface area contributed by atoms with Crippen molar-refractivity contribution in [3.8, 4) is 17.0 Å². The molecule has 1 aliphatic carbocycles. The Morgan fingerprint density at radius 2 is 2.12 bits per heavy atom. The molecule has 2 aliphatic rings. The van der Waals surface area contributed by atoms with E-state index in [-0.39, 0.29) is 11.9 Å². The average molecular weight is 325 g/mol. The van der Waals surface area contributed by atoms with E-state index in [2.05, 4.69) is 11.1 Å². The zero-order valence-electron chi connectivity index (χ0n) is 14.1. The fraction of sp³-hybridized carbons (Fsp3) is 0.450. The molecule has 24 heavy (non-hydrogen) atoms. The summed E-state index contributed by atoms with van der Waals surface area (Å²) in [6.07, 6.45) is 4.89. The number of benzene rings is 1. The van der Waals surface area contributed by atoms with Gasteiger partial charge in [-0.25, -0.2) is 0 Å². The van der Waals surface area contributed by atoms with Gasteiger partial charge in [-0.3, -0.25) is 4.79 Å². The summed E-state index contributed by atoms with van der Waals surface area (Å²) in [5, 5.41) is 0. The van der Waals surface area contributed by atoms with Gasteiger partial charge < -0.3 is 14.5 Å². The maximum atomic E-state index is 12.3. The molecule has 126 valence electrons. The molecule has 4 nitrogen and oxygen atoms in total. The van der Waals surface area contributed by atoms with Gasteiger partial charge >= 0.3 is 0 Å². The van der Waals surface area contributed by atoms with E-state index in [4.69, 9.17) is 9.47 Å². The van der Waals surface area contributed by atoms with E-state index in [1.54, 1.807) is 0 Å². The molecular formula is C20H23NO3. The van der Waals surface area contributed by atoms with Gasteiger partial charge in [0.1, 0.15) is 12.4 Å². The molecule has 0 radical (unpaired) electrons. The van der Waals surface area contributed by atoms with Crippen molar-refractivity contribution >= 4 is 5.78 Å². The van der Waals surface area contributed by atoms with Gasteiger partial charge in [0.2, 0.25) is 0 Å². The van der Waals surface area contributed by atoms with Crippen molar-refractivity contribution in [2.75, 3.05) is 13.2 Å². The van der Waals surface area contributed by atoms with Gasteiger partial charge in [-0.05, 0) is 50.3 Å². The third-order valence-corrected chi connectivity index (χ3v) is 5.01. The lowest BCUT2D eigenvalue weighted by Gasteiger charge is -2.16. The zero-order valence-corrected chi connectivity index (χ0v) is 14.1. The monoisotopic (exact) mass is 325 g/mol. The normalized spacial score (nSPS) is 20.2. The number of hydrogen-bond donors (Lipinski definition) is 1. The zero-order chi connectivity index (χ0) is 16.5. The summed E-state index contributed by atoms with van der Waals surface area (Å²) in [4.78, 5) is 15.7. The van der Waals surface area contributed by atoms with Crippen LogP contribution in [0.1, 0.15) is 47.3 Å². The van der Waals surface area contributed by atoms with Crippen LogP contribution >= 0.6 is 0 Å². The molecule has 1 N–H and O–H groups in total. The van der Waals surface area contributed by atoms with Crippen LogP contribution in [0.25, 0.3) is 11.3 Å². The molecule has 0 bridgehead atoms. The molecule has 2 aromatic rings. The van der Waals surface area contributed by atoms with E-state index < -0.39 is 0 Å². The molecule has 0 spiro atoms. The number of aromatic nitrogens is 1. The lowest BCUT2D eigenvalue weighted by atomic mass is 9.89. The number of aromatic amines is 1. The van der Waals surface area contributed by atoms with Crippen molar-refractivity contribution in [3.63, 3.8) is 0 Å². The Morgan fingerprint density at radius 3 is 2.96 bits per heavy atom. The van der Waals surface area contributed by atoms with Crippen LogP contribution in [0.5, 0.6) is 5.75 Å². The number of rotatable bonds is 4. The number of Topliss-reactive ketones (excluding diaryl/α,β-unsaturated/α-hetero) is 1. The summed E-state index contributed by atoms with van der Waals surface area (Å²) in [7, 11) is 0. The van der Waals surface area contributed by atoms with Gasteiger partial charge in [0.25, 0.3) is 0 Å². The van der Waals surface area contributed by atoms with Gasteiger partial charge in [0.05, 0.1) is 11.8 Å². The largest absolute Gasteiger partial charge is 0.490 e. The van der Waals surface area contributed by atoms with E-state index in [1.165, 1.54) is 0 Å². The number of aryl methyl sites for hydroxylation is 1. The third-order valence-electron chi connectivity index (χ3n) is 5.01. The summed E-state index contributed by atoms with van der Waals surface area (Å²) >= 11 is 0. The molecule has 1 atom stereocenters. The number of hydrogen-bond acceptors (Lipinski definition) is 3. The molecule has 1 saturated heterocycles. The second kappa shape index (κ2) is 6.44. The highest BCUT2D eigenvalue weighted by Crippen LogP contribution is 2.37.